The summed E-state index contributed by atoms with van der Waals surface area (Å²) in [6.45, 7) is 0.589. The zero-order valence-electron chi connectivity index (χ0n) is 11.8. The molecular formula is C14H17N3O3S. The minimum absolute atomic E-state index is 0.155. The maximum absolute atomic E-state index is 12.5. The molecule has 2 heterocycles. The van der Waals surface area contributed by atoms with E-state index in [2.05, 4.69) is 4.98 Å². The summed E-state index contributed by atoms with van der Waals surface area (Å²) >= 11 is 0. The Morgan fingerprint density at radius 1 is 1.52 bits per heavy atom. The van der Waals surface area contributed by atoms with E-state index in [0.717, 1.165) is 6.26 Å². The molecule has 0 amide bonds. The molecule has 0 saturated carbocycles. The summed E-state index contributed by atoms with van der Waals surface area (Å²) in [7, 11) is -3.31. The summed E-state index contributed by atoms with van der Waals surface area (Å²) in [6.07, 6.45) is 3.91. The molecule has 1 saturated heterocycles. The highest BCUT2D eigenvalue weighted by atomic mass is 32.2. The van der Waals surface area contributed by atoms with E-state index in [1.54, 1.807) is 18.2 Å². The smallest absolute Gasteiger partial charge is 0.211 e. The predicted molar refractivity (Wildman–Crippen MR) is 76.7 cm³/mol. The summed E-state index contributed by atoms with van der Waals surface area (Å²) in [6, 6.07) is 7.07. The molecule has 7 heteroatoms. The van der Waals surface area contributed by atoms with Gasteiger partial charge in [0.25, 0.3) is 0 Å². The average molecular weight is 307 g/mol. The molecule has 21 heavy (non-hydrogen) atoms. The van der Waals surface area contributed by atoms with Gasteiger partial charge in [-0.1, -0.05) is 6.07 Å². The van der Waals surface area contributed by atoms with E-state index in [4.69, 9.17) is 0 Å². The molecule has 2 atom stereocenters. The van der Waals surface area contributed by atoms with Crippen molar-refractivity contribution in [3.05, 3.63) is 30.1 Å². The average Bonchev–Trinajstić information content (AvgIpc) is 2.48. The van der Waals surface area contributed by atoms with Crippen molar-refractivity contribution < 1.29 is 13.2 Å². The Morgan fingerprint density at radius 2 is 2.29 bits per heavy atom. The number of carbonyl (C=O) groups excluding carboxylic acids is 1. The standard InChI is InChI=1S/C14H17N3O3S/c1-21(19,20)17-8-4-5-11(10-17)14(18)12(9-15)13-6-2-3-7-16-13/h2-3,6-7,11-12H,4-5,8,10H2,1H3/t11-,12-/m1/s1. The number of pyridine rings is 1. The van der Waals surface area contributed by atoms with Crippen LogP contribution in [-0.4, -0.2) is 42.8 Å². The first-order valence-electron chi connectivity index (χ1n) is 6.73. The lowest BCUT2D eigenvalue weighted by Gasteiger charge is -2.30. The summed E-state index contributed by atoms with van der Waals surface area (Å²) in [5.74, 6) is -1.62. The Morgan fingerprint density at radius 3 is 2.86 bits per heavy atom. The second kappa shape index (κ2) is 6.33. The molecule has 0 bridgehead atoms. The van der Waals surface area contributed by atoms with Gasteiger partial charge < -0.3 is 0 Å². The summed E-state index contributed by atoms with van der Waals surface area (Å²) in [5.41, 5.74) is 0.418. The molecule has 0 spiro atoms. The van der Waals surface area contributed by atoms with Gasteiger partial charge in [0, 0.05) is 25.2 Å². The summed E-state index contributed by atoms with van der Waals surface area (Å²) < 4.78 is 24.5. The highest BCUT2D eigenvalue weighted by Gasteiger charge is 2.34. The maximum atomic E-state index is 12.5. The minimum Gasteiger partial charge on any atom is -0.297 e. The number of ketones is 1. The van der Waals surface area contributed by atoms with Crippen molar-refractivity contribution in [3.8, 4) is 6.07 Å². The summed E-state index contributed by atoms with van der Waals surface area (Å²) in [5, 5.41) is 9.26. The molecule has 112 valence electrons. The highest BCUT2D eigenvalue weighted by molar-refractivity contribution is 7.88. The van der Waals surface area contributed by atoms with Crippen LogP contribution in [0.15, 0.2) is 24.4 Å². The van der Waals surface area contributed by atoms with Crippen LogP contribution in [-0.2, 0) is 14.8 Å². The van der Waals surface area contributed by atoms with Crippen LogP contribution < -0.4 is 0 Å². The van der Waals surface area contributed by atoms with E-state index in [1.165, 1.54) is 10.5 Å². The number of aromatic nitrogens is 1. The van der Waals surface area contributed by atoms with E-state index in [-0.39, 0.29) is 12.3 Å². The molecule has 1 aromatic rings. The van der Waals surface area contributed by atoms with Crippen LogP contribution in [0, 0.1) is 17.2 Å². The van der Waals surface area contributed by atoms with Crippen LogP contribution in [0.1, 0.15) is 24.5 Å². The minimum atomic E-state index is -3.31. The molecule has 0 radical (unpaired) electrons. The van der Waals surface area contributed by atoms with Gasteiger partial charge in [0.2, 0.25) is 10.0 Å². The number of nitrogens with zero attached hydrogens (tertiary/aromatic N) is 3. The van der Waals surface area contributed by atoms with Gasteiger partial charge in [-0.15, -0.1) is 0 Å². The first-order valence-corrected chi connectivity index (χ1v) is 8.57. The third-order valence-electron chi connectivity index (χ3n) is 3.65. The maximum Gasteiger partial charge on any atom is 0.211 e. The van der Waals surface area contributed by atoms with Gasteiger partial charge in [-0.2, -0.15) is 5.26 Å². The van der Waals surface area contributed by atoms with Gasteiger partial charge in [0.1, 0.15) is 5.92 Å². The van der Waals surface area contributed by atoms with Crippen molar-refractivity contribution in [1.82, 2.24) is 9.29 Å². The highest BCUT2D eigenvalue weighted by Crippen LogP contribution is 2.25. The van der Waals surface area contributed by atoms with E-state index in [1.807, 2.05) is 6.07 Å². The molecule has 0 aromatic carbocycles. The van der Waals surface area contributed by atoms with Gasteiger partial charge in [0.05, 0.1) is 18.0 Å². The fourth-order valence-corrected chi connectivity index (χ4v) is 3.45. The summed E-state index contributed by atoms with van der Waals surface area (Å²) in [4.78, 5) is 16.6. The van der Waals surface area contributed by atoms with Gasteiger partial charge in [-0.05, 0) is 25.0 Å². The normalized spacial score (nSPS) is 21.4. The topological polar surface area (TPSA) is 91.1 Å². The van der Waals surface area contributed by atoms with E-state index in [0.29, 0.717) is 25.1 Å². The van der Waals surface area contributed by atoms with Gasteiger partial charge in [0.15, 0.2) is 5.78 Å². The Labute approximate surface area is 124 Å². The number of hydrogen-bond acceptors (Lipinski definition) is 5. The molecule has 1 aliphatic rings. The molecule has 1 aliphatic heterocycles. The molecule has 0 unspecified atom stereocenters. The molecule has 1 fully saturated rings. The zero-order chi connectivity index (χ0) is 15.5. The van der Waals surface area contributed by atoms with Gasteiger partial charge in [-0.25, -0.2) is 12.7 Å². The third-order valence-corrected chi connectivity index (χ3v) is 4.92. The molecule has 6 nitrogen and oxygen atoms in total. The lowest BCUT2D eigenvalue weighted by Crippen LogP contribution is -2.42. The molecule has 2 rings (SSSR count). The number of nitriles is 1. The zero-order valence-corrected chi connectivity index (χ0v) is 12.6. The number of rotatable bonds is 4. The SMILES string of the molecule is CS(=O)(=O)N1CCC[C@@H](C(=O)[C@H](C#N)c2ccccn2)C1. The van der Waals surface area contributed by atoms with Crippen LogP contribution in [0.25, 0.3) is 0 Å². The quantitative estimate of drug-likeness (QED) is 0.825. The number of Topliss-reactive ketones (excluding diaryl/α,β-unsaturated/α-hetero) is 1. The Bertz CT molecular complexity index is 652. The first-order chi connectivity index (χ1) is 9.93. The van der Waals surface area contributed by atoms with Crippen LogP contribution in [0.2, 0.25) is 0 Å². The van der Waals surface area contributed by atoms with Crippen LogP contribution in [0.3, 0.4) is 0 Å². The fraction of sp³-hybridized carbons (Fsp3) is 0.500. The second-order valence-electron chi connectivity index (χ2n) is 5.18. The van der Waals surface area contributed by atoms with Gasteiger partial charge in [-0.3, -0.25) is 9.78 Å². The largest absolute Gasteiger partial charge is 0.297 e. The molecule has 0 aliphatic carbocycles. The van der Waals surface area contributed by atoms with Crippen LogP contribution in [0.5, 0.6) is 0 Å². The van der Waals surface area contributed by atoms with Crippen LogP contribution in [0.4, 0.5) is 0 Å². The van der Waals surface area contributed by atoms with Crippen molar-refractivity contribution >= 4 is 15.8 Å². The number of piperidine rings is 1. The molecule has 0 N–H and O–H groups in total. The number of hydrogen-bond donors (Lipinski definition) is 0. The Kier molecular flexibility index (Phi) is 4.70. The van der Waals surface area contributed by atoms with E-state index in [9.17, 15) is 18.5 Å². The van der Waals surface area contributed by atoms with Crippen molar-refractivity contribution in [2.24, 2.45) is 5.92 Å². The Hall–Kier alpha value is -1.78. The van der Waals surface area contributed by atoms with Crippen molar-refractivity contribution in [1.29, 1.82) is 5.26 Å². The van der Waals surface area contributed by atoms with E-state index < -0.39 is 21.9 Å². The molecular weight excluding hydrogens is 290 g/mol. The van der Waals surface area contributed by atoms with Crippen molar-refractivity contribution in [2.45, 2.75) is 18.8 Å². The molecule has 1 aromatic heterocycles. The third kappa shape index (κ3) is 3.65. The number of carbonyl (C=O) groups is 1. The second-order valence-corrected chi connectivity index (χ2v) is 7.16. The Balaban J connectivity index is 2.17. The van der Waals surface area contributed by atoms with Crippen LogP contribution >= 0.6 is 0 Å². The van der Waals surface area contributed by atoms with Crippen molar-refractivity contribution in [3.63, 3.8) is 0 Å². The number of sulfonamides is 1. The lowest BCUT2D eigenvalue weighted by molar-refractivity contribution is -0.124. The fourth-order valence-electron chi connectivity index (χ4n) is 2.53. The predicted octanol–water partition coefficient (Wildman–Crippen LogP) is 0.929. The monoisotopic (exact) mass is 307 g/mol. The van der Waals surface area contributed by atoms with Gasteiger partial charge >= 0.3 is 0 Å². The first kappa shape index (κ1) is 15.6. The lowest BCUT2D eigenvalue weighted by atomic mass is 9.86. The van der Waals surface area contributed by atoms with Crippen molar-refractivity contribution in [2.75, 3.05) is 19.3 Å². The van der Waals surface area contributed by atoms with E-state index >= 15 is 0 Å².